The van der Waals surface area contributed by atoms with E-state index in [0.717, 1.165) is 5.69 Å². The van der Waals surface area contributed by atoms with Gasteiger partial charge in [-0.05, 0) is 13.0 Å². The average molecular weight is 249 g/mol. The normalized spacial score (nSPS) is 10.3. The molecule has 0 aromatic carbocycles. The molecule has 0 atom stereocenters. The van der Waals surface area contributed by atoms with Crippen molar-refractivity contribution in [3.05, 3.63) is 29.8 Å². The van der Waals surface area contributed by atoms with E-state index in [1.807, 2.05) is 0 Å². The number of nitrogens with zero attached hydrogens (tertiary/aromatic N) is 3. The molecule has 0 saturated heterocycles. The molecule has 0 unspecified atom stereocenters. The molecule has 0 aliphatic rings. The van der Waals surface area contributed by atoms with Crippen molar-refractivity contribution in [2.75, 3.05) is 5.32 Å². The number of carbonyl (C=O) groups excluding carboxylic acids is 1. The molecule has 0 spiro atoms. The molecule has 2 rings (SSSR count). The number of H-pyrrole nitrogens is 1. The molecule has 2 aromatic heterocycles. The molecule has 0 aliphatic carbocycles. The Labute approximate surface area is 102 Å². The van der Waals surface area contributed by atoms with Gasteiger partial charge in [0.1, 0.15) is 6.54 Å². The SMILES string of the molecule is Cc1cc(C(=O)Nc2cnn(CC(=O)O)c2)n[nH]1. The highest BCUT2D eigenvalue weighted by atomic mass is 16.4. The van der Waals surface area contributed by atoms with Crippen LogP contribution in [0.15, 0.2) is 18.5 Å². The van der Waals surface area contributed by atoms with Gasteiger partial charge in [-0.15, -0.1) is 0 Å². The van der Waals surface area contributed by atoms with E-state index < -0.39 is 5.97 Å². The highest BCUT2D eigenvalue weighted by Crippen LogP contribution is 2.07. The number of hydrogen-bond donors (Lipinski definition) is 3. The van der Waals surface area contributed by atoms with Gasteiger partial charge in [0.2, 0.25) is 0 Å². The van der Waals surface area contributed by atoms with E-state index in [9.17, 15) is 9.59 Å². The molecule has 0 aliphatic heterocycles. The van der Waals surface area contributed by atoms with Crippen molar-refractivity contribution in [2.24, 2.45) is 0 Å². The Kier molecular flexibility index (Phi) is 3.09. The Balaban J connectivity index is 2.03. The van der Waals surface area contributed by atoms with Crippen LogP contribution in [0.25, 0.3) is 0 Å². The summed E-state index contributed by atoms with van der Waals surface area (Å²) in [7, 11) is 0. The lowest BCUT2D eigenvalue weighted by Crippen LogP contribution is -2.12. The Hall–Kier alpha value is -2.64. The minimum atomic E-state index is -1.00. The number of aromatic nitrogens is 4. The topological polar surface area (TPSA) is 113 Å². The second-order valence-electron chi connectivity index (χ2n) is 3.71. The molecular formula is C10H11N5O3. The third-order valence-corrected chi connectivity index (χ3v) is 2.13. The van der Waals surface area contributed by atoms with Gasteiger partial charge >= 0.3 is 5.97 Å². The Morgan fingerprint density at radius 1 is 1.56 bits per heavy atom. The number of aryl methyl sites for hydroxylation is 1. The quantitative estimate of drug-likeness (QED) is 0.718. The maximum Gasteiger partial charge on any atom is 0.325 e. The zero-order chi connectivity index (χ0) is 13.1. The summed E-state index contributed by atoms with van der Waals surface area (Å²) in [5.74, 6) is -1.38. The van der Waals surface area contributed by atoms with E-state index >= 15 is 0 Å². The van der Waals surface area contributed by atoms with Crippen molar-refractivity contribution < 1.29 is 14.7 Å². The Bertz CT molecular complexity index is 586. The lowest BCUT2D eigenvalue weighted by Gasteiger charge is -1.98. The molecule has 8 heteroatoms. The zero-order valence-electron chi connectivity index (χ0n) is 9.54. The maximum atomic E-state index is 11.7. The van der Waals surface area contributed by atoms with E-state index in [2.05, 4.69) is 20.6 Å². The number of rotatable bonds is 4. The minimum absolute atomic E-state index is 0.253. The van der Waals surface area contributed by atoms with Crippen LogP contribution < -0.4 is 5.32 Å². The average Bonchev–Trinajstić information content (AvgIpc) is 2.87. The van der Waals surface area contributed by atoms with Crippen LogP contribution >= 0.6 is 0 Å². The van der Waals surface area contributed by atoms with E-state index in [0.29, 0.717) is 5.69 Å². The Morgan fingerprint density at radius 3 is 2.94 bits per heavy atom. The number of carboxylic acid groups (broad SMARTS) is 1. The predicted octanol–water partition coefficient (Wildman–Crippen LogP) is 0.252. The van der Waals surface area contributed by atoms with Crippen LogP contribution in [0.4, 0.5) is 5.69 Å². The number of aromatic amines is 1. The molecule has 0 fully saturated rings. The molecule has 2 aromatic rings. The fourth-order valence-corrected chi connectivity index (χ4v) is 1.38. The summed E-state index contributed by atoms with van der Waals surface area (Å²) in [5.41, 5.74) is 1.46. The van der Waals surface area contributed by atoms with Crippen LogP contribution in [0.2, 0.25) is 0 Å². The van der Waals surface area contributed by atoms with Crippen LogP contribution in [-0.4, -0.2) is 37.0 Å². The first-order chi connectivity index (χ1) is 8.54. The molecular weight excluding hydrogens is 238 g/mol. The number of carboxylic acids is 1. The molecule has 94 valence electrons. The molecule has 8 nitrogen and oxygen atoms in total. The van der Waals surface area contributed by atoms with Gasteiger partial charge in [0, 0.05) is 11.9 Å². The summed E-state index contributed by atoms with van der Waals surface area (Å²) >= 11 is 0. The third-order valence-electron chi connectivity index (χ3n) is 2.13. The van der Waals surface area contributed by atoms with Crippen molar-refractivity contribution in [3.63, 3.8) is 0 Å². The van der Waals surface area contributed by atoms with Crippen LogP contribution in [0.3, 0.4) is 0 Å². The molecule has 3 N–H and O–H groups in total. The largest absolute Gasteiger partial charge is 0.480 e. The monoisotopic (exact) mass is 249 g/mol. The molecule has 0 radical (unpaired) electrons. The summed E-state index contributed by atoms with van der Waals surface area (Å²) in [6.07, 6.45) is 2.81. The van der Waals surface area contributed by atoms with E-state index in [1.165, 1.54) is 17.1 Å². The summed E-state index contributed by atoms with van der Waals surface area (Å²) < 4.78 is 1.22. The fourth-order valence-electron chi connectivity index (χ4n) is 1.38. The summed E-state index contributed by atoms with van der Waals surface area (Å²) in [6, 6.07) is 1.61. The first-order valence-electron chi connectivity index (χ1n) is 5.12. The number of carbonyl (C=O) groups is 2. The number of nitrogens with one attached hydrogen (secondary N) is 2. The second kappa shape index (κ2) is 4.70. The first kappa shape index (κ1) is 11.8. The van der Waals surface area contributed by atoms with E-state index in [1.54, 1.807) is 13.0 Å². The molecule has 0 saturated carbocycles. The highest BCUT2D eigenvalue weighted by molar-refractivity contribution is 6.02. The van der Waals surface area contributed by atoms with Crippen molar-refractivity contribution in [1.29, 1.82) is 0 Å². The highest BCUT2D eigenvalue weighted by Gasteiger charge is 2.11. The molecule has 18 heavy (non-hydrogen) atoms. The van der Waals surface area contributed by atoms with Gasteiger partial charge in [-0.2, -0.15) is 10.2 Å². The maximum absolute atomic E-state index is 11.7. The summed E-state index contributed by atoms with van der Waals surface area (Å²) in [6.45, 7) is 1.53. The molecule has 2 heterocycles. The van der Waals surface area contributed by atoms with E-state index in [-0.39, 0.29) is 18.1 Å². The summed E-state index contributed by atoms with van der Waals surface area (Å²) in [5, 5.41) is 21.4. The van der Waals surface area contributed by atoms with Gasteiger partial charge < -0.3 is 10.4 Å². The number of hydrogen-bond acceptors (Lipinski definition) is 4. The van der Waals surface area contributed by atoms with Gasteiger partial charge in [-0.1, -0.05) is 0 Å². The Morgan fingerprint density at radius 2 is 2.33 bits per heavy atom. The number of amides is 1. The van der Waals surface area contributed by atoms with Crippen molar-refractivity contribution >= 4 is 17.6 Å². The van der Waals surface area contributed by atoms with E-state index in [4.69, 9.17) is 5.11 Å². The second-order valence-corrected chi connectivity index (χ2v) is 3.71. The van der Waals surface area contributed by atoms with Crippen LogP contribution in [0.5, 0.6) is 0 Å². The van der Waals surface area contributed by atoms with Gasteiger partial charge in [-0.25, -0.2) is 0 Å². The third kappa shape index (κ3) is 2.73. The first-order valence-corrected chi connectivity index (χ1v) is 5.12. The van der Waals surface area contributed by atoms with Gasteiger partial charge in [0.25, 0.3) is 5.91 Å². The van der Waals surface area contributed by atoms with Crippen molar-refractivity contribution in [2.45, 2.75) is 13.5 Å². The standard InChI is InChI=1S/C10H11N5O3/c1-6-2-8(14-13-6)10(18)12-7-3-11-15(4-7)5-9(16)17/h2-4H,5H2,1H3,(H,12,18)(H,13,14)(H,16,17). The zero-order valence-corrected chi connectivity index (χ0v) is 9.54. The smallest absolute Gasteiger partial charge is 0.325 e. The number of anilines is 1. The fraction of sp³-hybridized carbons (Fsp3) is 0.200. The molecule has 0 bridgehead atoms. The number of aliphatic carboxylic acids is 1. The lowest BCUT2D eigenvalue weighted by molar-refractivity contribution is -0.137. The van der Waals surface area contributed by atoms with Crippen LogP contribution in [0, 0.1) is 6.92 Å². The van der Waals surface area contributed by atoms with Crippen LogP contribution in [0.1, 0.15) is 16.2 Å². The van der Waals surface area contributed by atoms with Crippen molar-refractivity contribution in [1.82, 2.24) is 20.0 Å². The van der Waals surface area contributed by atoms with Crippen LogP contribution in [-0.2, 0) is 11.3 Å². The van der Waals surface area contributed by atoms with Gasteiger partial charge in [-0.3, -0.25) is 19.4 Å². The molecule has 1 amide bonds. The minimum Gasteiger partial charge on any atom is -0.480 e. The van der Waals surface area contributed by atoms with Crippen molar-refractivity contribution in [3.8, 4) is 0 Å². The predicted molar refractivity (Wildman–Crippen MR) is 61.1 cm³/mol. The van der Waals surface area contributed by atoms with Gasteiger partial charge in [0.05, 0.1) is 11.9 Å². The lowest BCUT2D eigenvalue weighted by atomic mass is 10.3. The summed E-state index contributed by atoms with van der Waals surface area (Å²) in [4.78, 5) is 22.2. The van der Waals surface area contributed by atoms with Gasteiger partial charge in [0.15, 0.2) is 5.69 Å².